The van der Waals surface area contributed by atoms with Gasteiger partial charge in [0.1, 0.15) is 0 Å². The zero-order chi connectivity index (χ0) is 18.0. The molecule has 2 aromatic rings. The van der Waals surface area contributed by atoms with Gasteiger partial charge in [0.15, 0.2) is 23.2 Å². The third-order valence-corrected chi connectivity index (χ3v) is 4.79. The Morgan fingerprint density at radius 3 is 2.04 bits per heavy atom. The van der Waals surface area contributed by atoms with Crippen molar-refractivity contribution in [3.8, 4) is 16.9 Å². The van der Waals surface area contributed by atoms with Gasteiger partial charge in [-0.3, -0.25) is 0 Å². The monoisotopic (exact) mass is 352 g/mol. The van der Waals surface area contributed by atoms with Gasteiger partial charge >= 0.3 is 0 Å². The second-order valence-corrected chi connectivity index (χ2v) is 6.34. The summed E-state index contributed by atoms with van der Waals surface area (Å²) in [5, 5.41) is 0. The van der Waals surface area contributed by atoms with Crippen LogP contribution in [-0.2, 0) is 0 Å². The average molecular weight is 352 g/mol. The highest BCUT2D eigenvalue weighted by Crippen LogP contribution is 2.38. The van der Waals surface area contributed by atoms with Gasteiger partial charge in [0.05, 0.1) is 6.61 Å². The van der Waals surface area contributed by atoms with Crippen LogP contribution in [0.5, 0.6) is 5.75 Å². The van der Waals surface area contributed by atoms with E-state index in [-0.39, 0.29) is 29.4 Å². The molecular weight excluding hydrogens is 332 g/mol. The van der Waals surface area contributed by atoms with Crippen molar-refractivity contribution in [2.45, 2.75) is 44.9 Å². The number of rotatable bonds is 4. The predicted molar refractivity (Wildman–Crippen MR) is 88.7 cm³/mol. The van der Waals surface area contributed by atoms with Crippen molar-refractivity contribution in [3.05, 3.63) is 53.1 Å². The van der Waals surface area contributed by atoms with E-state index in [2.05, 4.69) is 0 Å². The Balaban J connectivity index is 2.01. The first-order chi connectivity index (χ1) is 12.0. The quantitative estimate of drug-likeness (QED) is 0.582. The second kappa shape index (κ2) is 7.46. The fourth-order valence-electron chi connectivity index (χ4n) is 3.51. The highest BCUT2D eigenvalue weighted by molar-refractivity contribution is 5.66. The highest BCUT2D eigenvalue weighted by atomic mass is 19.2. The van der Waals surface area contributed by atoms with E-state index in [1.54, 1.807) is 6.92 Å². The molecule has 1 fully saturated rings. The number of ether oxygens (including phenoxy) is 1. The summed E-state index contributed by atoms with van der Waals surface area (Å²) >= 11 is 0. The Labute approximate surface area is 144 Å². The van der Waals surface area contributed by atoms with Crippen LogP contribution in [0.4, 0.5) is 17.6 Å². The molecule has 3 rings (SSSR count). The Morgan fingerprint density at radius 2 is 1.40 bits per heavy atom. The number of benzene rings is 2. The van der Waals surface area contributed by atoms with E-state index in [1.807, 2.05) is 0 Å². The van der Waals surface area contributed by atoms with E-state index in [0.29, 0.717) is 5.56 Å². The molecule has 1 aliphatic rings. The minimum absolute atomic E-state index is 0.0146. The fraction of sp³-hybridized carbons (Fsp3) is 0.400. The van der Waals surface area contributed by atoms with Gasteiger partial charge in [0.2, 0.25) is 5.82 Å². The first-order valence-corrected chi connectivity index (χ1v) is 8.63. The summed E-state index contributed by atoms with van der Waals surface area (Å²) in [6.45, 7) is 1.82. The molecule has 0 N–H and O–H groups in total. The van der Waals surface area contributed by atoms with Gasteiger partial charge in [0.25, 0.3) is 0 Å². The molecule has 0 saturated heterocycles. The smallest absolute Gasteiger partial charge is 0.201 e. The molecule has 0 bridgehead atoms. The minimum atomic E-state index is -1.24. The molecule has 0 atom stereocenters. The van der Waals surface area contributed by atoms with Crippen molar-refractivity contribution in [2.75, 3.05) is 6.61 Å². The van der Waals surface area contributed by atoms with Gasteiger partial charge in [-0.15, -0.1) is 0 Å². The molecule has 2 aromatic carbocycles. The van der Waals surface area contributed by atoms with Crippen LogP contribution >= 0.6 is 0 Å². The Bertz CT molecular complexity index is 767. The van der Waals surface area contributed by atoms with Crippen LogP contribution in [0.3, 0.4) is 0 Å². The maximum Gasteiger partial charge on any atom is 0.201 e. The summed E-state index contributed by atoms with van der Waals surface area (Å²) in [5.41, 5.74) is -0.267. The summed E-state index contributed by atoms with van der Waals surface area (Å²) < 4.78 is 62.4. The van der Waals surface area contributed by atoms with E-state index >= 15 is 0 Å². The van der Waals surface area contributed by atoms with Gasteiger partial charge in [-0.2, -0.15) is 4.39 Å². The van der Waals surface area contributed by atoms with Crippen molar-refractivity contribution in [1.29, 1.82) is 0 Å². The van der Waals surface area contributed by atoms with Crippen molar-refractivity contribution in [2.24, 2.45) is 0 Å². The molecular formula is C20H20F4O. The van der Waals surface area contributed by atoms with Crippen LogP contribution < -0.4 is 4.74 Å². The van der Waals surface area contributed by atoms with Crippen LogP contribution in [0.2, 0.25) is 0 Å². The van der Waals surface area contributed by atoms with Crippen LogP contribution in [0, 0.1) is 23.3 Å². The van der Waals surface area contributed by atoms with Gasteiger partial charge in [-0.25, -0.2) is 13.2 Å². The van der Waals surface area contributed by atoms with Gasteiger partial charge < -0.3 is 4.74 Å². The van der Waals surface area contributed by atoms with Crippen LogP contribution in [0.1, 0.15) is 50.5 Å². The molecule has 0 spiro atoms. The molecule has 25 heavy (non-hydrogen) atoms. The molecule has 134 valence electrons. The molecule has 1 saturated carbocycles. The lowest BCUT2D eigenvalue weighted by Crippen LogP contribution is -2.08. The standard InChI is InChI=1S/C20H20F4O/c1-2-25-16-11-10-15(19(23)20(16)24)14-9-8-13(17(21)18(14)22)12-6-4-3-5-7-12/h8-12H,2-7H2,1H3. The van der Waals surface area contributed by atoms with Gasteiger partial charge in [-0.05, 0) is 43.4 Å². The number of hydrogen-bond acceptors (Lipinski definition) is 1. The first kappa shape index (κ1) is 17.8. The third kappa shape index (κ3) is 3.37. The SMILES string of the molecule is CCOc1ccc(-c2ccc(C3CCCCC3)c(F)c2F)c(F)c1F. The Kier molecular flexibility index (Phi) is 5.30. The van der Waals surface area contributed by atoms with E-state index in [9.17, 15) is 17.6 Å². The normalized spacial score (nSPS) is 15.4. The van der Waals surface area contributed by atoms with E-state index in [1.165, 1.54) is 24.3 Å². The maximum absolute atomic E-state index is 14.6. The zero-order valence-corrected chi connectivity index (χ0v) is 14.0. The first-order valence-electron chi connectivity index (χ1n) is 8.63. The predicted octanol–water partition coefficient (Wildman–Crippen LogP) is 6.36. The van der Waals surface area contributed by atoms with E-state index in [4.69, 9.17) is 4.74 Å². The van der Waals surface area contributed by atoms with Crippen LogP contribution in [0.15, 0.2) is 24.3 Å². The second-order valence-electron chi connectivity index (χ2n) is 6.34. The van der Waals surface area contributed by atoms with Gasteiger partial charge in [-0.1, -0.05) is 31.4 Å². The Hall–Kier alpha value is -2.04. The molecule has 0 aromatic heterocycles. The lowest BCUT2D eigenvalue weighted by Gasteiger charge is -2.23. The largest absolute Gasteiger partial charge is 0.491 e. The van der Waals surface area contributed by atoms with Crippen molar-refractivity contribution < 1.29 is 22.3 Å². The number of halogens is 4. The fourth-order valence-corrected chi connectivity index (χ4v) is 3.51. The maximum atomic E-state index is 14.6. The summed E-state index contributed by atoms with van der Waals surface area (Å²) in [4.78, 5) is 0. The molecule has 1 aliphatic carbocycles. The summed E-state index contributed by atoms with van der Waals surface area (Å²) in [7, 11) is 0. The van der Waals surface area contributed by atoms with Crippen molar-refractivity contribution in [3.63, 3.8) is 0 Å². The molecule has 0 radical (unpaired) electrons. The molecule has 0 aliphatic heterocycles. The van der Waals surface area contributed by atoms with Gasteiger partial charge in [0, 0.05) is 11.1 Å². The molecule has 0 unspecified atom stereocenters. The minimum Gasteiger partial charge on any atom is -0.491 e. The van der Waals surface area contributed by atoms with Crippen molar-refractivity contribution >= 4 is 0 Å². The molecule has 5 heteroatoms. The summed E-state index contributed by atoms with van der Waals surface area (Å²) in [6.07, 6.45) is 4.73. The topological polar surface area (TPSA) is 9.23 Å². The van der Waals surface area contributed by atoms with E-state index < -0.39 is 23.3 Å². The van der Waals surface area contributed by atoms with Crippen LogP contribution in [0.25, 0.3) is 11.1 Å². The molecule has 1 nitrogen and oxygen atoms in total. The summed E-state index contributed by atoms with van der Waals surface area (Å²) in [5.74, 6) is -4.79. The number of hydrogen-bond donors (Lipinski definition) is 0. The summed E-state index contributed by atoms with van der Waals surface area (Å²) in [6, 6.07) is 5.27. The average Bonchev–Trinajstić information content (AvgIpc) is 2.63. The van der Waals surface area contributed by atoms with Crippen LogP contribution in [-0.4, -0.2) is 6.61 Å². The Morgan fingerprint density at radius 1 is 0.800 bits per heavy atom. The lowest BCUT2D eigenvalue weighted by molar-refractivity contribution is 0.314. The lowest BCUT2D eigenvalue weighted by atomic mass is 9.83. The van der Waals surface area contributed by atoms with E-state index in [0.717, 1.165) is 32.1 Å². The zero-order valence-electron chi connectivity index (χ0n) is 14.0. The van der Waals surface area contributed by atoms with Crippen molar-refractivity contribution in [1.82, 2.24) is 0 Å². The third-order valence-electron chi connectivity index (χ3n) is 4.79. The highest BCUT2D eigenvalue weighted by Gasteiger charge is 2.25. The molecule has 0 amide bonds. The molecule has 0 heterocycles.